The minimum atomic E-state index is -0.610. The number of Topliss-reactive ketones (excluding diaryl/α,β-unsaturated/α-hetero) is 1. The monoisotopic (exact) mass is 657 g/mol. The molecule has 1 N–H and O–H groups in total. The van der Waals surface area contributed by atoms with Gasteiger partial charge in [0.2, 0.25) is 11.8 Å². The first-order valence-corrected chi connectivity index (χ1v) is 15.9. The number of carbonyl (C=O) groups excluding carboxylic acids is 3. The molecule has 3 aromatic heterocycles. The molecule has 0 bridgehead atoms. The van der Waals surface area contributed by atoms with Crippen molar-refractivity contribution in [3.05, 3.63) is 63.9 Å². The van der Waals surface area contributed by atoms with Crippen molar-refractivity contribution < 1.29 is 14.4 Å². The number of amides is 2. The Kier molecular flexibility index (Phi) is 7.85. The van der Waals surface area contributed by atoms with Crippen LogP contribution in [0.4, 0.5) is 5.82 Å². The molecule has 6 rings (SSSR count). The second-order valence-electron chi connectivity index (χ2n) is 12.3. The molecule has 2 amide bonds. The number of likely N-dealkylation sites (tertiary alicyclic amines) is 1. The number of piperidine rings is 1. The van der Waals surface area contributed by atoms with Crippen molar-refractivity contribution in [3.8, 4) is 11.1 Å². The number of pyridine rings is 1. The summed E-state index contributed by atoms with van der Waals surface area (Å²) in [4.78, 5) is 55.5. The highest BCUT2D eigenvalue weighted by molar-refractivity contribution is 9.10. The van der Waals surface area contributed by atoms with E-state index in [4.69, 9.17) is 0 Å². The molecule has 1 saturated carbocycles. The van der Waals surface area contributed by atoms with Gasteiger partial charge in [0.25, 0.3) is 0 Å². The number of ketones is 1. The van der Waals surface area contributed by atoms with E-state index in [-0.39, 0.29) is 35.6 Å². The Balaban J connectivity index is 1.33. The fourth-order valence-electron chi connectivity index (χ4n) is 6.76. The topological polar surface area (TPSA) is 123 Å². The molecule has 228 valence electrons. The fraction of sp³-hybridized carbons (Fsp3) is 0.424. The molecule has 4 aromatic rings. The average Bonchev–Trinajstić information content (AvgIpc) is 3.39. The molecule has 1 aromatic carbocycles. The van der Waals surface area contributed by atoms with Gasteiger partial charge in [-0.3, -0.25) is 19.1 Å². The summed E-state index contributed by atoms with van der Waals surface area (Å²) in [5.74, 6) is 0.558. The summed E-state index contributed by atoms with van der Waals surface area (Å²) in [5.41, 5.74) is 4.41. The summed E-state index contributed by atoms with van der Waals surface area (Å²) in [6.45, 7) is 9.24. The first-order chi connectivity index (χ1) is 21.0. The number of fused-ring (bicyclic) bond motifs is 2. The third-order valence-electron chi connectivity index (χ3n) is 9.11. The van der Waals surface area contributed by atoms with Crippen molar-refractivity contribution in [2.24, 2.45) is 5.41 Å². The second kappa shape index (κ2) is 11.5. The maximum Gasteiger partial charge on any atom is 0.248 e. The number of halogens is 1. The van der Waals surface area contributed by atoms with Gasteiger partial charge in [-0.2, -0.15) is 5.10 Å². The Labute approximate surface area is 264 Å². The number of aryl methyl sites for hydroxylation is 3. The quantitative estimate of drug-likeness (QED) is 0.174. The van der Waals surface area contributed by atoms with Gasteiger partial charge < -0.3 is 10.2 Å². The van der Waals surface area contributed by atoms with Gasteiger partial charge in [0.05, 0.1) is 5.52 Å². The van der Waals surface area contributed by atoms with E-state index >= 15 is 0 Å². The van der Waals surface area contributed by atoms with Crippen molar-refractivity contribution in [2.75, 3.05) is 5.32 Å². The van der Waals surface area contributed by atoms with E-state index in [2.05, 4.69) is 48.2 Å². The fourth-order valence-corrected chi connectivity index (χ4v) is 7.07. The number of carbonyl (C=O) groups is 3. The molecule has 1 aliphatic carbocycles. The zero-order chi connectivity index (χ0) is 31.3. The molecule has 2 fully saturated rings. The molecule has 0 unspecified atom stereocenters. The molecule has 10 nitrogen and oxygen atoms in total. The van der Waals surface area contributed by atoms with Gasteiger partial charge in [-0.05, 0) is 96.3 Å². The predicted octanol–water partition coefficient (Wildman–Crippen LogP) is 5.97. The lowest BCUT2D eigenvalue weighted by Gasteiger charge is -2.27. The summed E-state index contributed by atoms with van der Waals surface area (Å²) >= 11 is 3.39. The molecule has 1 saturated heterocycles. The number of nitrogens with zero attached hydrogens (tertiary/aromatic N) is 6. The molecule has 0 radical (unpaired) electrons. The number of unbranched alkanes of at least 4 members (excludes halogenated alkanes) is 1. The number of aromatic nitrogens is 5. The molecular formula is C33H36BrN7O3. The lowest BCUT2D eigenvalue weighted by molar-refractivity contribution is -0.138. The molecule has 11 heteroatoms. The normalized spacial score (nSPS) is 20.5. The van der Waals surface area contributed by atoms with Crippen LogP contribution < -0.4 is 5.32 Å². The highest BCUT2D eigenvalue weighted by Crippen LogP contribution is 2.62. The Morgan fingerprint density at radius 2 is 1.80 bits per heavy atom. The van der Waals surface area contributed by atoms with Crippen molar-refractivity contribution >= 4 is 50.2 Å². The SMILES string of the molecule is CCCC[C@@]12C[C@@H](C(=O)Nc3nc(Br)ccc3C)N(C(=O)Cn3nc(C(C)=O)c4cc(-c5cnc(C)nc5)cc(C)c43)[C@@H]1C2. The standard InChI is InChI=1S/C33H36BrN7O3/c1-6-7-10-33-13-25(32(44)38-31-18(2)8-9-27(34)37-31)41(26(33)14-33)28(43)17-40-30-19(3)11-22(23-15-35-21(5)36-16-23)12-24(30)29(39-40)20(4)42/h8-9,11-12,15-16,25-26H,6-7,10,13-14,17H2,1-5H3,(H,37,38,44)/t25-,26+,33-/m0/s1. The third kappa shape index (κ3) is 5.42. The number of benzene rings is 1. The van der Waals surface area contributed by atoms with Crippen LogP contribution >= 0.6 is 15.9 Å². The Hall–Kier alpha value is -3.99. The molecule has 0 spiro atoms. The van der Waals surface area contributed by atoms with Crippen LogP contribution in [0.2, 0.25) is 0 Å². The zero-order valence-corrected chi connectivity index (χ0v) is 27.2. The Bertz CT molecular complexity index is 1800. The van der Waals surface area contributed by atoms with E-state index in [1.165, 1.54) is 6.92 Å². The van der Waals surface area contributed by atoms with E-state index in [0.717, 1.165) is 53.5 Å². The van der Waals surface area contributed by atoms with Crippen LogP contribution in [0, 0.1) is 26.2 Å². The lowest BCUT2D eigenvalue weighted by atomic mass is 9.93. The average molecular weight is 659 g/mol. The van der Waals surface area contributed by atoms with Gasteiger partial charge in [-0.1, -0.05) is 25.8 Å². The highest BCUT2D eigenvalue weighted by atomic mass is 79.9. The highest BCUT2D eigenvalue weighted by Gasteiger charge is 2.66. The maximum atomic E-state index is 14.2. The van der Waals surface area contributed by atoms with E-state index < -0.39 is 6.04 Å². The first kappa shape index (κ1) is 30.1. The zero-order valence-electron chi connectivity index (χ0n) is 25.6. The summed E-state index contributed by atoms with van der Waals surface area (Å²) in [5, 5.41) is 8.31. The summed E-state index contributed by atoms with van der Waals surface area (Å²) in [6, 6.07) is 7.03. The summed E-state index contributed by atoms with van der Waals surface area (Å²) in [6.07, 6.45) is 8.14. The molecule has 4 heterocycles. The number of nitrogens with one attached hydrogen (secondary N) is 1. The van der Waals surface area contributed by atoms with E-state index in [0.29, 0.717) is 33.7 Å². The van der Waals surface area contributed by atoms with Crippen molar-refractivity contribution in [1.29, 1.82) is 0 Å². The molecular weight excluding hydrogens is 622 g/mol. The minimum Gasteiger partial charge on any atom is -0.325 e. The lowest BCUT2D eigenvalue weighted by Crippen LogP contribution is -2.47. The molecule has 2 aliphatic rings. The number of anilines is 1. The van der Waals surface area contributed by atoms with Gasteiger partial charge in [-0.25, -0.2) is 15.0 Å². The third-order valence-corrected chi connectivity index (χ3v) is 9.55. The smallest absolute Gasteiger partial charge is 0.248 e. The molecule has 3 atom stereocenters. The van der Waals surface area contributed by atoms with Crippen LogP contribution in [0.15, 0.2) is 41.3 Å². The number of hydrogen-bond acceptors (Lipinski definition) is 7. The van der Waals surface area contributed by atoms with Crippen molar-refractivity contribution in [3.63, 3.8) is 0 Å². The summed E-state index contributed by atoms with van der Waals surface area (Å²) in [7, 11) is 0. The van der Waals surface area contributed by atoms with Crippen LogP contribution in [0.5, 0.6) is 0 Å². The van der Waals surface area contributed by atoms with Crippen molar-refractivity contribution in [1.82, 2.24) is 29.6 Å². The predicted molar refractivity (Wildman–Crippen MR) is 171 cm³/mol. The van der Waals surface area contributed by atoms with Crippen LogP contribution in [-0.2, 0) is 16.1 Å². The number of rotatable bonds is 9. The van der Waals surface area contributed by atoms with Crippen molar-refractivity contribution in [2.45, 2.75) is 85.4 Å². The number of hydrogen-bond donors (Lipinski definition) is 1. The van der Waals surface area contributed by atoms with Crippen LogP contribution in [0.1, 0.15) is 73.4 Å². The van der Waals surface area contributed by atoms with E-state index in [9.17, 15) is 14.4 Å². The Morgan fingerprint density at radius 1 is 1.05 bits per heavy atom. The van der Waals surface area contributed by atoms with Crippen LogP contribution in [-0.4, -0.2) is 59.3 Å². The van der Waals surface area contributed by atoms with Crippen LogP contribution in [0.3, 0.4) is 0 Å². The van der Waals surface area contributed by atoms with Gasteiger partial charge in [0.15, 0.2) is 5.78 Å². The van der Waals surface area contributed by atoms with E-state index in [1.54, 1.807) is 22.0 Å². The molecule has 1 aliphatic heterocycles. The molecule has 44 heavy (non-hydrogen) atoms. The minimum absolute atomic E-state index is 0.0113. The first-order valence-electron chi connectivity index (χ1n) is 15.1. The van der Waals surface area contributed by atoms with Gasteiger partial charge in [0, 0.05) is 36.3 Å². The van der Waals surface area contributed by atoms with Crippen LogP contribution in [0.25, 0.3) is 22.0 Å². The second-order valence-corrected chi connectivity index (χ2v) is 13.1. The van der Waals surface area contributed by atoms with Gasteiger partial charge in [-0.15, -0.1) is 0 Å². The largest absolute Gasteiger partial charge is 0.325 e. The maximum absolute atomic E-state index is 14.2. The summed E-state index contributed by atoms with van der Waals surface area (Å²) < 4.78 is 2.25. The van der Waals surface area contributed by atoms with Gasteiger partial charge in [0.1, 0.15) is 34.5 Å². The van der Waals surface area contributed by atoms with Gasteiger partial charge >= 0.3 is 0 Å². The Morgan fingerprint density at radius 3 is 2.50 bits per heavy atom. The van der Waals surface area contributed by atoms with E-state index in [1.807, 2.05) is 45.0 Å².